The van der Waals surface area contributed by atoms with Crippen molar-refractivity contribution in [3.8, 4) is 5.75 Å². The molecule has 1 atom stereocenters. The van der Waals surface area contributed by atoms with Gasteiger partial charge in [-0.05, 0) is 56.3 Å². The van der Waals surface area contributed by atoms with Gasteiger partial charge in [-0.3, -0.25) is 4.84 Å². The number of hydrogen-bond acceptors (Lipinski definition) is 7. The number of hydrogen-bond donors (Lipinski definition) is 1. The largest absolute Gasteiger partial charge is 0.494 e. The van der Waals surface area contributed by atoms with E-state index in [-0.39, 0.29) is 6.04 Å². The molecule has 0 saturated carbocycles. The van der Waals surface area contributed by atoms with Crippen molar-refractivity contribution in [3.63, 3.8) is 0 Å². The van der Waals surface area contributed by atoms with Crippen LogP contribution in [0.3, 0.4) is 0 Å². The summed E-state index contributed by atoms with van der Waals surface area (Å²) < 4.78 is 5.90. The van der Waals surface area contributed by atoms with Crippen LogP contribution in [0.15, 0.2) is 60.8 Å². The van der Waals surface area contributed by atoms with Gasteiger partial charge in [0, 0.05) is 30.4 Å². The maximum atomic E-state index is 5.98. The summed E-state index contributed by atoms with van der Waals surface area (Å²) in [4.78, 5) is 17.6. The van der Waals surface area contributed by atoms with Gasteiger partial charge in [0.2, 0.25) is 5.95 Å². The van der Waals surface area contributed by atoms with E-state index in [0.717, 1.165) is 55.3 Å². The predicted octanol–water partition coefficient (Wildman–Crippen LogP) is 5.52. The maximum Gasteiger partial charge on any atom is 0.229 e. The van der Waals surface area contributed by atoms with E-state index < -0.39 is 0 Å². The van der Waals surface area contributed by atoms with Crippen LogP contribution in [-0.2, 0) is 4.84 Å². The van der Waals surface area contributed by atoms with Gasteiger partial charge in [0.1, 0.15) is 5.75 Å². The molecule has 0 bridgehead atoms. The topological polar surface area (TPSA) is 62.8 Å². The van der Waals surface area contributed by atoms with Crippen molar-refractivity contribution in [2.75, 3.05) is 43.2 Å². The van der Waals surface area contributed by atoms with Gasteiger partial charge in [-0.1, -0.05) is 44.2 Å². The van der Waals surface area contributed by atoms with E-state index in [4.69, 9.17) is 14.6 Å². The Morgan fingerprint density at radius 2 is 1.85 bits per heavy atom. The first-order chi connectivity index (χ1) is 16.7. The Bertz CT molecular complexity index is 1020. The van der Waals surface area contributed by atoms with Crippen molar-refractivity contribution >= 4 is 17.5 Å². The molecule has 1 aliphatic heterocycles. The summed E-state index contributed by atoms with van der Waals surface area (Å²) in [5.41, 5.74) is 3.11. The molecule has 1 fully saturated rings. The van der Waals surface area contributed by atoms with Crippen LogP contribution in [0, 0.1) is 6.92 Å². The van der Waals surface area contributed by atoms with Crippen LogP contribution in [0.2, 0.25) is 0 Å². The van der Waals surface area contributed by atoms with E-state index in [1.807, 2.05) is 48.5 Å². The normalized spacial score (nSPS) is 15.6. The molecule has 0 unspecified atom stereocenters. The third-order valence-corrected chi connectivity index (χ3v) is 6.14. The lowest BCUT2D eigenvalue weighted by Gasteiger charge is -2.25. The highest BCUT2D eigenvalue weighted by Crippen LogP contribution is 2.35. The van der Waals surface area contributed by atoms with Crippen LogP contribution in [0.1, 0.15) is 43.9 Å². The molecule has 0 aliphatic carbocycles. The molecule has 3 aromatic rings. The van der Waals surface area contributed by atoms with Crippen molar-refractivity contribution in [2.24, 2.45) is 0 Å². The molecule has 7 nitrogen and oxygen atoms in total. The third kappa shape index (κ3) is 6.04. The first-order valence-corrected chi connectivity index (χ1v) is 12.2. The summed E-state index contributed by atoms with van der Waals surface area (Å²) in [6, 6.07) is 18.5. The monoisotopic (exact) mass is 461 g/mol. The molecular formula is C27H35N5O2. The van der Waals surface area contributed by atoms with Gasteiger partial charge < -0.3 is 15.0 Å². The van der Waals surface area contributed by atoms with Gasteiger partial charge in [0.15, 0.2) is 5.82 Å². The van der Waals surface area contributed by atoms with Gasteiger partial charge in [0.25, 0.3) is 0 Å². The summed E-state index contributed by atoms with van der Waals surface area (Å²) in [5.74, 6) is 2.19. The lowest BCUT2D eigenvalue weighted by atomic mass is 10.0. The predicted molar refractivity (Wildman–Crippen MR) is 137 cm³/mol. The second kappa shape index (κ2) is 11.8. The first kappa shape index (κ1) is 24.0. The van der Waals surface area contributed by atoms with E-state index in [2.05, 4.69) is 53.3 Å². The minimum atomic E-state index is 0.140. The van der Waals surface area contributed by atoms with Gasteiger partial charge in [-0.15, -0.1) is 0 Å². The molecule has 2 aromatic carbocycles. The molecule has 1 N–H and O–H groups in total. The smallest absolute Gasteiger partial charge is 0.229 e. The van der Waals surface area contributed by atoms with E-state index in [1.165, 1.54) is 5.56 Å². The van der Waals surface area contributed by atoms with Crippen molar-refractivity contribution < 1.29 is 9.57 Å². The molecule has 1 aromatic heterocycles. The summed E-state index contributed by atoms with van der Waals surface area (Å²) in [6.45, 7) is 11.0. The average molecular weight is 462 g/mol. The van der Waals surface area contributed by atoms with Gasteiger partial charge >= 0.3 is 0 Å². The summed E-state index contributed by atoms with van der Waals surface area (Å²) in [6.07, 6.45) is 3.78. The van der Waals surface area contributed by atoms with Crippen LogP contribution >= 0.6 is 0 Å². The molecule has 34 heavy (non-hydrogen) atoms. The number of nitrogens with one attached hydrogen (secondary N) is 1. The lowest BCUT2D eigenvalue weighted by molar-refractivity contribution is 0.156. The van der Waals surface area contributed by atoms with Crippen molar-refractivity contribution in [2.45, 2.75) is 39.7 Å². The molecular weight excluding hydrogens is 426 g/mol. The zero-order valence-corrected chi connectivity index (χ0v) is 20.4. The summed E-state index contributed by atoms with van der Waals surface area (Å²) in [5, 5.41) is 5.23. The highest BCUT2D eigenvalue weighted by atomic mass is 16.7. The van der Waals surface area contributed by atoms with E-state index in [0.29, 0.717) is 19.2 Å². The van der Waals surface area contributed by atoms with Gasteiger partial charge in [0.05, 0.1) is 19.3 Å². The van der Waals surface area contributed by atoms with Crippen molar-refractivity contribution in [1.82, 2.24) is 14.9 Å². The number of aryl methyl sites for hydroxylation is 1. The lowest BCUT2D eigenvalue weighted by Crippen LogP contribution is -2.25. The number of anilines is 3. The highest BCUT2D eigenvalue weighted by Gasteiger charge is 2.30. The SMILES string of the molecule is CCN(CC)CCCOc1ccc(Nc2ncc(C)c(N3OCC[C@H]3c3ccccc3)n2)cc1. The molecule has 0 spiro atoms. The fourth-order valence-corrected chi connectivity index (χ4v) is 4.15. The Balaban J connectivity index is 1.38. The van der Waals surface area contributed by atoms with E-state index in [9.17, 15) is 0 Å². The number of hydroxylamine groups is 1. The second-order valence-electron chi connectivity index (χ2n) is 8.45. The van der Waals surface area contributed by atoms with Gasteiger partial charge in [-0.25, -0.2) is 10.0 Å². The second-order valence-corrected chi connectivity index (χ2v) is 8.45. The first-order valence-electron chi connectivity index (χ1n) is 12.2. The van der Waals surface area contributed by atoms with Crippen molar-refractivity contribution in [3.05, 3.63) is 71.9 Å². The zero-order chi connectivity index (χ0) is 23.8. The Morgan fingerprint density at radius 1 is 1.09 bits per heavy atom. The standard InChI is InChI=1S/C27H35N5O2/c1-4-31(5-2)17-9-18-33-24-14-12-23(13-15-24)29-27-28-20-21(3)26(30-27)32-25(16-19-34-32)22-10-7-6-8-11-22/h6-8,10-15,20,25H,4-5,9,16-19H2,1-3H3,(H,28,29,30)/t25-/m0/s1. The molecule has 7 heteroatoms. The highest BCUT2D eigenvalue weighted by molar-refractivity contribution is 5.57. The minimum absolute atomic E-state index is 0.140. The van der Waals surface area contributed by atoms with Crippen LogP contribution in [0.25, 0.3) is 0 Å². The van der Waals surface area contributed by atoms with Crippen LogP contribution in [-0.4, -0.2) is 47.7 Å². The molecule has 2 heterocycles. The zero-order valence-electron chi connectivity index (χ0n) is 20.4. The van der Waals surface area contributed by atoms with E-state index >= 15 is 0 Å². The molecule has 0 radical (unpaired) electrons. The van der Waals surface area contributed by atoms with Crippen molar-refractivity contribution in [1.29, 1.82) is 0 Å². The van der Waals surface area contributed by atoms with Crippen LogP contribution in [0.5, 0.6) is 5.75 Å². The van der Waals surface area contributed by atoms with Gasteiger partial charge in [-0.2, -0.15) is 4.98 Å². The number of nitrogens with zero attached hydrogens (tertiary/aromatic N) is 4. The van der Waals surface area contributed by atoms with Crippen LogP contribution in [0.4, 0.5) is 17.5 Å². The molecule has 4 rings (SSSR count). The van der Waals surface area contributed by atoms with E-state index in [1.54, 1.807) is 0 Å². The summed E-state index contributed by atoms with van der Waals surface area (Å²) >= 11 is 0. The fourth-order valence-electron chi connectivity index (χ4n) is 4.15. The number of ether oxygens (including phenoxy) is 1. The third-order valence-electron chi connectivity index (χ3n) is 6.14. The average Bonchev–Trinajstić information content (AvgIpc) is 3.37. The molecule has 1 aliphatic rings. The Kier molecular flexibility index (Phi) is 8.33. The Labute approximate surface area is 202 Å². The molecule has 0 amide bonds. The van der Waals surface area contributed by atoms with Crippen LogP contribution < -0.4 is 15.1 Å². The number of benzene rings is 2. The fraction of sp³-hybridized carbons (Fsp3) is 0.407. The Hall–Kier alpha value is -3.16. The summed E-state index contributed by atoms with van der Waals surface area (Å²) in [7, 11) is 0. The maximum absolute atomic E-state index is 5.98. The number of rotatable bonds is 11. The minimum Gasteiger partial charge on any atom is -0.494 e. The number of aromatic nitrogens is 2. The molecule has 1 saturated heterocycles. The molecule has 180 valence electrons. The quantitative estimate of drug-likeness (QED) is 0.377. The Morgan fingerprint density at radius 3 is 2.59 bits per heavy atom.